The third-order valence-corrected chi connectivity index (χ3v) is 5.36. The Labute approximate surface area is 195 Å². The Balaban J connectivity index is 1.39. The van der Waals surface area contributed by atoms with Gasteiger partial charge in [0.2, 0.25) is 0 Å². The highest BCUT2D eigenvalue weighted by Gasteiger charge is 2.13. The minimum Gasteiger partial charge on any atom is -0.493 e. The molecule has 0 radical (unpaired) electrons. The molecule has 3 aromatic rings. The van der Waals surface area contributed by atoms with Crippen molar-refractivity contribution in [2.24, 2.45) is 0 Å². The first-order chi connectivity index (χ1) is 15.9. The first kappa shape index (κ1) is 24.3. The summed E-state index contributed by atoms with van der Waals surface area (Å²) >= 11 is 0. The van der Waals surface area contributed by atoms with Gasteiger partial charge in [0.1, 0.15) is 11.5 Å². The number of methoxy groups -OCH3 is 1. The van der Waals surface area contributed by atoms with E-state index >= 15 is 0 Å². The van der Waals surface area contributed by atoms with Gasteiger partial charge in [0.15, 0.2) is 0 Å². The zero-order valence-corrected chi connectivity index (χ0v) is 19.5. The third-order valence-electron chi connectivity index (χ3n) is 5.36. The van der Waals surface area contributed by atoms with Crippen LogP contribution in [-0.2, 0) is 16.0 Å². The fraction of sp³-hybridized carbons (Fsp3) is 0.321. The highest BCUT2D eigenvalue weighted by Crippen LogP contribution is 2.24. The van der Waals surface area contributed by atoms with Crippen LogP contribution in [0, 0.1) is 13.8 Å². The first-order valence-electron chi connectivity index (χ1n) is 11.2. The van der Waals surface area contributed by atoms with E-state index in [-0.39, 0.29) is 12.5 Å². The van der Waals surface area contributed by atoms with Crippen LogP contribution >= 0.6 is 0 Å². The third kappa shape index (κ3) is 7.95. The van der Waals surface area contributed by atoms with E-state index < -0.39 is 5.97 Å². The summed E-state index contributed by atoms with van der Waals surface area (Å²) in [5, 5.41) is 8.92. The summed E-state index contributed by atoms with van der Waals surface area (Å²) in [6, 6.07) is 22.4. The molecule has 5 heteroatoms. The molecule has 5 nitrogen and oxygen atoms in total. The van der Waals surface area contributed by atoms with Crippen LogP contribution in [0.5, 0.6) is 11.5 Å². The summed E-state index contributed by atoms with van der Waals surface area (Å²) in [4.78, 5) is 10.9. The Bertz CT molecular complexity index is 1000. The van der Waals surface area contributed by atoms with Crippen molar-refractivity contribution in [2.45, 2.75) is 39.2 Å². The van der Waals surface area contributed by atoms with Crippen LogP contribution in [0.2, 0.25) is 0 Å². The Kier molecular flexibility index (Phi) is 8.90. The highest BCUT2D eigenvalue weighted by molar-refractivity contribution is 5.67. The number of rotatable bonds is 12. The molecule has 0 aliphatic heterocycles. The number of aryl methyl sites for hydroxylation is 2. The predicted molar refractivity (Wildman–Crippen MR) is 130 cm³/mol. The van der Waals surface area contributed by atoms with E-state index in [9.17, 15) is 4.79 Å². The summed E-state index contributed by atoms with van der Waals surface area (Å²) in [5.41, 5.74) is 5.94. The van der Waals surface area contributed by atoms with Crippen molar-refractivity contribution < 1.29 is 24.1 Å². The van der Waals surface area contributed by atoms with Gasteiger partial charge in [-0.15, -0.1) is 0 Å². The van der Waals surface area contributed by atoms with Crippen LogP contribution in [0.4, 0.5) is 0 Å². The van der Waals surface area contributed by atoms with Crippen molar-refractivity contribution >= 4 is 5.97 Å². The number of aliphatic carboxylic acids is 1. The van der Waals surface area contributed by atoms with Crippen molar-refractivity contribution in [2.75, 3.05) is 20.3 Å². The number of carbonyl (C=O) groups is 1. The maximum atomic E-state index is 10.9. The predicted octanol–water partition coefficient (Wildman–Crippen LogP) is 5.85. The van der Waals surface area contributed by atoms with Gasteiger partial charge in [-0.1, -0.05) is 53.6 Å². The lowest BCUT2D eigenvalue weighted by Crippen LogP contribution is -2.18. The number of carboxylic acids is 1. The second kappa shape index (κ2) is 12.1. The molecule has 0 aromatic heterocycles. The summed E-state index contributed by atoms with van der Waals surface area (Å²) in [6.45, 7) is 5.36. The monoisotopic (exact) mass is 448 g/mol. The molecule has 0 bridgehead atoms. The van der Waals surface area contributed by atoms with Gasteiger partial charge in [-0.05, 0) is 61.2 Å². The first-order valence-corrected chi connectivity index (χ1v) is 11.2. The van der Waals surface area contributed by atoms with Crippen LogP contribution < -0.4 is 9.47 Å². The Morgan fingerprint density at radius 2 is 1.36 bits per heavy atom. The highest BCUT2D eigenvalue weighted by atomic mass is 16.5. The van der Waals surface area contributed by atoms with E-state index in [0.29, 0.717) is 19.6 Å². The number of hydrogen-bond acceptors (Lipinski definition) is 4. The summed E-state index contributed by atoms with van der Waals surface area (Å²) in [5.74, 6) is 0.770. The van der Waals surface area contributed by atoms with Crippen LogP contribution in [-0.4, -0.2) is 37.5 Å². The molecule has 0 aliphatic rings. The average Bonchev–Trinajstić information content (AvgIpc) is 2.79. The normalized spacial score (nSPS) is 11.7. The Morgan fingerprint density at radius 1 is 0.818 bits per heavy atom. The fourth-order valence-electron chi connectivity index (χ4n) is 3.74. The van der Waals surface area contributed by atoms with Gasteiger partial charge >= 0.3 is 5.97 Å². The summed E-state index contributed by atoms with van der Waals surface area (Å²) in [7, 11) is 1.53. The molecule has 1 N–H and O–H groups in total. The van der Waals surface area contributed by atoms with Gasteiger partial charge in [-0.2, -0.15) is 0 Å². The minimum absolute atomic E-state index is 0.0108. The van der Waals surface area contributed by atoms with Crippen molar-refractivity contribution in [3.8, 4) is 22.6 Å². The van der Waals surface area contributed by atoms with Gasteiger partial charge in [0.05, 0.1) is 25.7 Å². The van der Waals surface area contributed by atoms with E-state index in [4.69, 9.17) is 19.3 Å². The van der Waals surface area contributed by atoms with E-state index in [1.807, 2.05) is 36.4 Å². The molecule has 3 rings (SSSR count). The topological polar surface area (TPSA) is 65.0 Å². The Morgan fingerprint density at radius 3 is 1.88 bits per heavy atom. The lowest BCUT2D eigenvalue weighted by atomic mass is 10.0. The fourth-order valence-corrected chi connectivity index (χ4v) is 3.74. The maximum Gasteiger partial charge on any atom is 0.305 e. The van der Waals surface area contributed by atoms with Gasteiger partial charge in [0.25, 0.3) is 0 Å². The number of ether oxygens (including phenoxy) is 3. The molecule has 0 aliphatic carbocycles. The standard InChI is InChI=1S/C28H32O5/c1-20-15-21(2)17-24(16-20)23-7-11-26(12-8-23)33-14-4-13-32-25-9-5-22(6-10-25)18-27(31-3)19-28(29)30/h5-12,15-17,27H,4,13-14,18-19H2,1-3H3,(H,29,30). The number of carboxylic acid groups (broad SMARTS) is 1. The molecule has 0 saturated heterocycles. The average molecular weight is 449 g/mol. The zero-order valence-electron chi connectivity index (χ0n) is 19.5. The van der Waals surface area contributed by atoms with Gasteiger partial charge in [0, 0.05) is 13.5 Å². The van der Waals surface area contributed by atoms with Crippen molar-refractivity contribution in [1.82, 2.24) is 0 Å². The van der Waals surface area contributed by atoms with Crippen molar-refractivity contribution in [3.63, 3.8) is 0 Å². The lowest BCUT2D eigenvalue weighted by molar-refractivity contribution is -0.139. The van der Waals surface area contributed by atoms with Crippen LogP contribution in [0.3, 0.4) is 0 Å². The quantitative estimate of drug-likeness (QED) is 0.352. The van der Waals surface area contributed by atoms with E-state index in [1.54, 1.807) is 0 Å². The van der Waals surface area contributed by atoms with Gasteiger partial charge in [-0.3, -0.25) is 4.79 Å². The number of hydrogen-bond donors (Lipinski definition) is 1. The molecule has 1 unspecified atom stereocenters. The Hall–Kier alpha value is -3.31. The molecule has 33 heavy (non-hydrogen) atoms. The zero-order chi connectivity index (χ0) is 23.6. The lowest BCUT2D eigenvalue weighted by Gasteiger charge is -2.13. The molecule has 3 aromatic carbocycles. The molecular formula is C28H32O5. The van der Waals surface area contributed by atoms with Crippen LogP contribution in [0.25, 0.3) is 11.1 Å². The maximum absolute atomic E-state index is 10.9. The largest absolute Gasteiger partial charge is 0.493 e. The van der Waals surface area contributed by atoms with E-state index in [0.717, 1.165) is 23.5 Å². The molecule has 174 valence electrons. The van der Waals surface area contributed by atoms with Crippen molar-refractivity contribution in [3.05, 3.63) is 83.4 Å². The van der Waals surface area contributed by atoms with Crippen LogP contribution in [0.15, 0.2) is 66.7 Å². The molecule has 0 spiro atoms. The minimum atomic E-state index is -0.860. The molecular weight excluding hydrogens is 416 g/mol. The smallest absolute Gasteiger partial charge is 0.305 e. The summed E-state index contributed by atoms with van der Waals surface area (Å²) < 4.78 is 16.9. The molecule has 1 atom stereocenters. The molecule has 0 heterocycles. The van der Waals surface area contributed by atoms with Crippen LogP contribution in [0.1, 0.15) is 29.5 Å². The summed E-state index contributed by atoms with van der Waals surface area (Å²) in [6.07, 6.45) is 0.981. The van der Waals surface area contributed by atoms with E-state index in [1.165, 1.54) is 29.4 Å². The van der Waals surface area contributed by atoms with E-state index in [2.05, 4.69) is 44.2 Å². The number of benzene rings is 3. The van der Waals surface area contributed by atoms with Gasteiger partial charge < -0.3 is 19.3 Å². The second-order valence-electron chi connectivity index (χ2n) is 8.25. The van der Waals surface area contributed by atoms with Gasteiger partial charge in [-0.25, -0.2) is 0 Å². The SMILES string of the molecule is COC(CC(=O)O)Cc1ccc(OCCCOc2ccc(-c3cc(C)cc(C)c3)cc2)cc1. The molecule has 0 amide bonds. The second-order valence-corrected chi connectivity index (χ2v) is 8.25. The molecule has 0 saturated carbocycles. The molecule has 0 fully saturated rings. The van der Waals surface area contributed by atoms with Crippen molar-refractivity contribution in [1.29, 1.82) is 0 Å².